The van der Waals surface area contributed by atoms with Gasteiger partial charge >= 0.3 is 11.9 Å². The maximum Gasteiger partial charge on any atom is 0.420 e. The Morgan fingerprint density at radius 2 is 1.94 bits per heavy atom. The van der Waals surface area contributed by atoms with Crippen LogP contribution in [0.25, 0.3) is 0 Å². The first-order chi connectivity index (χ1) is 17.2. The van der Waals surface area contributed by atoms with E-state index in [1.807, 2.05) is 0 Å². The van der Waals surface area contributed by atoms with Gasteiger partial charge in [-0.1, -0.05) is 18.2 Å². The first-order valence-electron chi connectivity index (χ1n) is 11.3. The number of hydrogen-bond donors (Lipinski definition) is 0. The molecule has 3 aromatic rings. The van der Waals surface area contributed by atoms with Crippen LogP contribution in [0.1, 0.15) is 29.5 Å². The number of nitriles is 1. The number of alkyl halides is 3. The van der Waals surface area contributed by atoms with Crippen molar-refractivity contribution in [2.45, 2.75) is 37.7 Å². The summed E-state index contributed by atoms with van der Waals surface area (Å²) < 4.78 is 67.7. The highest BCUT2D eigenvalue weighted by Crippen LogP contribution is 2.56. The Morgan fingerprint density at radius 1 is 1.17 bits per heavy atom. The Balaban J connectivity index is 1.26. The van der Waals surface area contributed by atoms with E-state index in [-0.39, 0.29) is 23.8 Å². The zero-order valence-electron chi connectivity index (χ0n) is 18.7. The monoisotopic (exact) mass is 498 g/mol. The van der Waals surface area contributed by atoms with Gasteiger partial charge in [0.05, 0.1) is 23.2 Å². The van der Waals surface area contributed by atoms with E-state index in [1.54, 1.807) is 28.8 Å². The van der Waals surface area contributed by atoms with Crippen molar-refractivity contribution < 1.29 is 27.0 Å². The maximum atomic E-state index is 14.1. The van der Waals surface area contributed by atoms with Crippen molar-refractivity contribution in [3.63, 3.8) is 0 Å². The number of hydrogen-bond acceptors (Lipinski definition) is 6. The van der Waals surface area contributed by atoms with Crippen LogP contribution in [0.5, 0.6) is 17.4 Å². The zero-order chi connectivity index (χ0) is 25.2. The smallest absolute Gasteiger partial charge is 0.420 e. The Morgan fingerprint density at radius 3 is 2.69 bits per heavy atom. The topological polar surface area (TPSA) is 80.4 Å². The number of aromatic nitrogens is 2. The fraction of sp³-hybridized carbons (Fsp3) is 0.320. The standard InChI is InChI=1S/C25H18F4N4O3/c26-18-6-20(17(25(27,28)29)5-16(18)10-30)36-19-4-2-1-3-15(19)12-35-21-7-22-32(23(34)31-21)13-24-8-14(9-24)11-33(22)24/h1-7,14H,8-9,11-13H2. The van der Waals surface area contributed by atoms with Gasteiger partial charge in [-0.25, -0.2) is 9.18 Å². The third-order valence-corrected chi connectivity index (χ3v) is 7.11. The number of halogens is 4. The van der Waals surface area contributed by atoms with Crippen LogP contribution in [0.2, 0.25) is 0 Å². The molecule has 3 fully saturated rings. The van der Waals surface area contributed by atoms with Gasteiger partial charge in [0, 0.05) is 24.2 Å². The largest absolute Gasteiger partial charge is 0.472 e. The number of fused-ring (bicyclic) bond motifs is 1. The molecular formula is C25H18F4N4O3. The van der Waals surface area contributed by atoms with Crippen molar-refractivity contribution >= 4 is 5.82 Å². The summed E-state index contributed by atoms with van der Waals surface area (Å²) in [5.74, 6) is -0.401. The number of ether oxygens (including phenoxy) is 2. The van der Waals surface area contributed by atoms with Crippen LogP contribution in [-0.2, 0) is 19.3 Å². The van der Waals surface area contributed by atoms with Gasteiger partial charge in [-0.2, -0.15) is 23.4 Å². The summed E-state index contributed by atoms with van der Waals surface area (Å²) in [6, 6.07) is 10.2. The molecule has 184 valence electrons. The predicted molar refractivity (Wildman–Crippen MR) is 118 cm³/mol. The van der Waals surface area contributed by atoms with Crippen LogP contribution >= 0.6 is 0 Å². The SMILES string of the molecule is N#Cc1cc(C(F)(F)F)c(Oc2ccccc2COc2cc3n(c(=O)n2)CC24CC(CN32)C4)cc1F. The van der Waals surface area contributed by atoms with E-state index < -0.39 is 34.6 Å². The third-order valence-electron chi connectivity index (χ3n) is 7.11. The lowest BCUT2D eigenvalue weighted by Crippen LogP contribution is -2.44. The van der Waals surface area contributed by atoms with Crippen molar-refractivity contribution in [2.24, 2.45) is 5.92 Å². The molecule has 4 aliphatic rings. The van der Waals surface area contributed by atoms with E-state index in [9.17, 15) is 22.4 Å². The molecular weight excluding hydrogens is 480 g/mol. The summed E-state index contributed by atoms with van der Waals surface area (Å²) in [6.07, 6.45) is -2.75. The van der Waals surface area contributed by atoms with E-state index in [1.165, 1.54) is 12.1 Å². The minimum Gasteiger partial charge on any atom is -0.472 e. The lowest BCUT2D eigenvalue weighted by atomic mass is 9.74. The van der Waals surface area contributed by atoms with Gasteiger partial charge in [0.15, 0.2) is 0 Å². The zero-order valence-corrected chi connectivity index (χ0v) is 18.7. The quantitative estimate of drug-likeness (QED) is 0.478. The van der Waals surface area contributed by atoms with E-state index in [2.05, 4.69) is 9.88 Å². The third kappa shape index (κ3) is 3.47. The molecule has 1 spiro atoms. The van der Waals surface area contributed by atoms with Gasteiger partial charge in [0.1, 0.15) is 35.8 Å². The first kappa shape index (κ1) is 22.4. The van der Waals surface area contributed by atoms with Gasteiger partial charge in [0.2, 0.25) is 5.88 Å². The molecule has 0 unspecified atom stereocenters. The first-order valence-corrected chi connectivity index (χ1v) is 11.3. The molecule has 7 rings (SSSR count). The summed E-state index contributed by atoms with van der Waals surface area (Å²) in [4.78, 5) is 18.9. The second-order valence-electron chi connectivity index (χ2n) is 9.37. The number of para-hydroxylation sites is 1. The molecule has 2 aromatic carbocycles. The Labute approximate surface area is 202 Å². The molecule has 11 heteroatoms. The van der Waals surface area contributed by atoms with Crippen molar-refractivity contribution in [1.82, 2.24) is 9.55 Å². The summed E-state index contributed by atoms with van der Waals surface area (Å²) in [5, 5.41) is 8.91. The number of benzene rings is 2. The fourth-order valence-electron chi connectivity index (χ4n) is 5.52. The van der Waals surface area contributed by atoms with Crippen LogP contribution in [-0.4, -0.2) is 21.6 Å². The Kier molecular flexibility index (Phi) is 4.80. The molecule has 0 radical (unpaired) electrons. The van der Waals surface area contributed by atoms with E-state index in [4.69, 9.17) is 14.7 Å². The molecule has 0 N–H and O–H groups in total. The van der Waals surface area contributed by atoms with Crippen LogP contribution in [0, 0.1) is 23.1 Å². The second kappa shape index (κ2) is 7.71. The molecule has 1 aliphatic carbocycles. The molecule has 1 aromatic heterocycles. The van der Waals surface area contributed by atoms with Crippen molar-refractivity contribution in [2.75, 3.05) is 11.4 Å². The number of rotatable bonds is 5. The van der Waals surface area contributed by atoms with Gasteiger partial charge in [-0.05, 0) is 30.9 Å². The summed E-state index contributed by atoms with van der Waals surface area (Å²) in [5.41, 5.74) is -2.07. The molecule has 2 saturated heterocycles. The molecule has 7 nitrogen and oxygen atoms in total. The molecule has 3 aliphatic heterocycles. The lowest BCUT2D eigenvalue weighted by Gasteiger charge is -2.37. The minimum atomic E-state index is -4.87. The van der Waals surface area contributed by atoms with Crippen molar-refractivity contribution in [1.29, 1.82) is 5.26 Å². The van der Waals surface area contributed by atoms with E-state index in [0.717, 1.165) is 25.2 Å². The molecule has 0 atom stereocenters. The molecule has 0 amide bonds. The molecule has 2 bridgehead atoms. The maximum absolute atomic E-state index is 14.1. The Bertz CT molecular complexity index is 1490. The van der Waals surface area contributed by atoms with Gasteiger partial charge in [0.25, 0.3) is 0 Å². The Hall–Kier alpha value is -4.07. The minimum absolute atomic E-state index is 0.00399. The fourth-order valence-corrected chi connectivity index (χ4v) is 5.52. The molecule has 4 heterocycles. The second-order valence-corrected chi connectivity index (χ2v) is 9.37. The lowest BCUT2D eigenvalue weighted by molar-refractivity contribution is -0.138. The van der Waals surface area contributed by atoms with Crippen LogP contribution in [0.15, 0.2) is 47.3 Å². The number of nitrogens with zero attached hydrogens (tertiary/aromatic N) is 4. The number of anilines is 1. The summed E-state index contributed by atoms with van der Waals surface area (Å²) in [6.45, 7) is 1.35. The highest BCUT2D eigenvalue weighted by atomic mass is 19.4. The van der Waals surface area contributed by atoms with Crippen molar-refractivity contribution in [3.8, 4) is 23.4 Å². The van der Waals surface area contributed by atoms with E-state index in [0.29, 0.717) is 30.2 Å². The van der Waals surface area contributed by atoms with E-state index >= 15 is 0 Å². The predicted octanol–water partition coefficient (Wildman–Crippen LogP) is 4.63. The highest BCUT2D eigenvalue weighted by Gasteiger charge is 2.60. The highest BCUT2D eigenvalue weighted by molar-refractivity contribution is 5.54. The average Bonchev–Trinajstić information content (AvgIpc) is 3.44. The molecule has 36 heavy (non-hydrogen) atoms. The van der Waals surface area contributed by atoms with Crippen LogP contribution in [0.4, 0.5) is 23.4 Å². The van der Waals surface area contributed by atoms with Gasteiger partial charge in [-0.15, -0.1) is 0 Å². The van der Waals surface area contributed by atoms with Crippen LogP contribution in [0.3, 0.4) is 0 Å². The normalized spacial score (nSPS) is 21.4. The van der Waals surface area contributed by atoms with Crippen LogP contribution < -0.4 is 20.1 Å². The van der Waals surface area contributed by atoms with Gasteiger partial charge in [-0.3, -0.25) is 4.57 Å². The van der Waals surface area contributed by atoms with Crippen molar-refractivity contribution in [3.05, 3.63) is 75.5 Å². The van der Waals surface area contributed by atoms with Gasteiger partial charge < -0.3 is 14.4 Å². The summed E-state index contributed by atoms with van der Waals surface area (Å²) >= 11 is 0. The average molecular weight is 498 g/mol. The molecule has 1 saturated carbocycles. The summed E-state index contributed by atoms with van der Waals surface area (Å²) in [7, 11) is 0.